The lowest BCUT2D eigenvalue weighted by molar-refractivity contribution is 0.613. The number of fused-ring (bicyclic) bond motifs is 1. The molecular formula is C17H13F2N. The minimum absolute atomic E-state index is 0.121. The van der Waals surface area contributed by atoms with Crippen molar-refractivity contribution in [3.05, 3.63) is 59.7 Å². The molecule has 1 aliphatic carbocycles. The molecule has 0 amide bonds. The van der Waals surface area contributed by atoms with E-state index in [-0.39, 0.29) is 11.6 Å². The van der Waals surface area contributed by atoms with Gasteiger partial charge in [-0.25, -0.2) is 8.78 Å². The first-order valence-electron chi connectivity index (χ1n) is 6.79. The van der Waals surface area contributed by atoms with Gasteiger partial charge in [0, 0.05) is 16.6 Å². The highest BCUT2D eigenvalue weighted by Crippen LogP contribution is 2.42. The topological polar surface area (TPSA) is 15.8 Å². The highest BCUT2D eigenvalue weighted by molar-refractivity contribution is 5.86. The Morgan fingerprint density at radius 3 is 2.40 bits per heavy atom. The first-order valence-corrected chi connectivity index (χ1v) is 6.79. The van der Waals surface area contributed by atoms with Gasteiger partial charge in [-0.05, 0) is 72.4 Å². The van der Waals surface area contributed by atoms with E-state index in [4.69, 9.17) is 0 Å². The Hall–Kier alpha value is -2.16. The number of benzene rings is 2. The molecule has 2 aromatic carbocycles. The quantitative estimate of drug-likeness (QED) is 0.674. The maximum absolute atomic E-state index is 14.0. The third-order valence-electron chi connectivity index (χ3n) is 3.91. The second kappa shape index (κ2) is 4.17. The number of H-pyrrole nitrogens is 1. The zero-order chi connectivity index (χ0) is 13.7. The lowest BCUT2D eigenvalue weighted by Crippen LogP contribution is -1.86. The lowest BCUT2D eigenvalue weighted by Gasteiger charge is -2.00. The third-order valence-corrected chi connectivity index (χ3v) is 3.91. The van der Waals surface area contributed by atoms with E-state index in [1.807, 2.05) is 12.1 Å². The Morgan fingerprint density at radius 1 is 0.950 bits per heavy atom. The van der Waals surface area contributed by atoms with Crippen LogP contribution in [-0.2, 0) is 0 Å². The summed E-state index contributed by atoms with van der Waals surface area (Å²) < 4.78 is 27.0. The number of rotatable bonds is 2. The van der Waals surface area contributed by atoms with Crippen molar-refractivity contribution in [3.8, 4) is 11.3 Å². The van der Waals surface area contributed by atoms with Gasteiger partial charge in [0.25, 0.3) is 0 Å². The maximum Gasteiger partial charge on any atom is 0.127 e. The molecule has 1 fully saturated rings. The fourth-order valence-corrected chi connectivity index (χ4v) is 2.66. The summed E-state index contributed by atoms with van der Waals surface area (Å²) in [5.74, 6) is 0.00792. The minimum atomic E-state index is -0.257. The molecule has 0 atom stereocenters. The highest BCUT2D eigenvalue weighted by atomic mass is 19.1. The molecule has 0 unspecified atom stereocenters. The van der Waals surface area contributed by atoms with Crippen LogP contribution < -0.4 is 0 Å². The fraction of sp³-hybridized carbons (Fsp3) is 0.176. The van der Waals surface area contributed by atoms with Crippen LogP contribution in [0.5, 0.6) is 0 Å². The largest absolute Gasteiger partial charge is 0.355 e. The van der Waals surface area contributed by atoms with Crippen molar-refractivity contribution >= 4 is 10.9 Å². The summed E-state index contributed by atoms with van der Waals surface area (Å²) in [4.78, 5) is 3.29. The number of aromatic amines is 1. The molecule has 4 rings (SSSR count). The normalized spacial score (nSPS) is 14.9. The molecule has 0 radical (unpaired) electrons. The van der Waals surface area contributed by atoms with Crippen LogP contribution in [0, 0.1) is 11.6 Å². The van der Waals surface area contributed by atoms with E-state index in [1.165, 1.54) is 12.1 Å². The standard InChI is InChI=1S/C17H13F2N/c18-13-5-3-11(4-6-13)16-8-12-7-15(19)14(10-1-2-10)9-17(12)20-16/h3-10,20H,1-2H2. The van der Waals surface area contributed by atoms with Gasteiger partial charge in [0.05, 0.1) is 0 Å². The molecule has 20 heavy (non-hydrogen) atoms. The average molecular weight is 269 g/mol. The van der Waals surface area contributed by atoms with Crippen molar-refractivity contribution < 1.29 is 8.78 Å². The van der Waals surface area contributed by atoms with Crippen molar-refractivity contribution in [3.63, 3.8) is 0 Å². The van der Waals surface area contributed by atoms with Crippen LogP contribution in [-0.4, -0.2) is 4.98 Å². The summed E-state index contributed by atoms with van der Waals surface area (Å²) in [6, 6.07) is 11.7. The van der Waals surface area contributed by atoms with Crippen LogP contribution in [0.25, 0.3) is 22.2 Å². The third kappa shape index (κ3) is 1.90. The SMILES string of the molecule is Fc1ccc(-c2cc3cc(F)c(C4CC4)cc3[nH]2)cc1. The van der Waals surface area contributed by atoms with E-state index in [9.17, 15) is 8.78 Å². The van der Waals surface area contributed by atoms with Gasteiger partial charge in [0.2, 0.25) is 0 Å². The molecule has 3 heteroatoms. The second-order valence-corrected chi connectivity index (χ2v) is 5.43. The van der Waals surface area contributed by atoms with Crippen LogP contribution in [0.2, 0.25) is 0 Å². The molecular weight excluding hydrogens is 256 g/mol. The lowest BCUT2D eigenvalue weighted by atomic mass is 10.1. The second-order valence-electron chi connectivity index (χ2n) is 5.43. The Bertz CT molecular complexity index is 783. The minimum Gasteiger partial charge on any atom is -0.355 e. The van der Waals surface area contributed by atoms with E-state index in [2.05, 4.69) is 4.98 Å². The zero-order valence-corrected chi connectivity index (χ0v) is 10.8. The summed E-state index contributed by atoms with van der Waals surface area (Å²) >= 11 is 0. The fourth-order valence-electron chi connectivity index (χ4n) is 2.66. The van der Waals surface area contributed by atoms with Crippen molar-refractivity contribution in [1.29, 1.82) is 0 Å². The molecule has 1 heterocycles. The smallest absolute Gasteiger partial charge is 0.127 e. The molecule has 1 aliphatic rings. The molecule has 3 aromatic rings. The molecule has 0 aliphatic heterocycles. The van der Waals surface area contributed by atoms with Gasteiger partial charge in [-0.2, -0.15) is 0 Å². The Morgan fingerprint density at radius 2 is 1.70 bits per heavy atom. The van der Waals surface area contributed by atoms with Gasteiger partial charge < -0.3 is 4.98 Å². The van der Waals surface area contributed by atoms with Crippen LogP contribution in [0.15, 0.2) is 42.5 Å². The maximum atomic E-state index is 14.0. The average Bonchev–Trinajstić information content (AvgIpc) is 3.19. The van der Waals surface area contributed by atoms with E-state index in [0.717, 1.165) is 40.6 Å². The van der Waals surface area contributed by atoms with Gasteiger partial charge in [-0.15, -0.1) is 0 Å². The molecule has 1 N–H and O–H groups in total. The summed E-state index contributed by atoms with van der Waals surface area (Å²) in [7, 11) is 0. The van der Waals surface area contributed by atoms with Crippen molar-refractivity contribution in [1.82, 2.24) is 4.98 Å². The first kappa shape index (κ1) is 11.6. The summed E-state index contributed by atoms with van der Waals surface area (Å²) in [5, 5.41) is 0.853. The van der Waals surface area contributed by atoms with Crippen LogP contribution in [0.3, 0.4) is 0 Å². The van der Waals surface area contributed by atoms with Crippen molar-refractivity contribution in [2.75, 3.05) is 0 Å². The Balaban J connectivity index is 1.83. The number of halogens is 2. The van der Waals surface area contributed by atoms with Crippen LogP contribution >= 0.6 is 0 Å². The number of nitrogens with one attached hydrogen (secondary N) is 1. The molecule has 1 saturated carbocycles. The molecule has 1 nitrogen and oxygen atoms in total. The van der Waals surface area contributed by atoms with Gasteiger partial charge in [0.15, 0.2) is 0 Å². The van der Waals surface area contributed by atoms with E-state index in [1.54, 1.807) is 18.2 Å². The van der Waals surface area contributed by atoms with Gasteiger partial charge >= 0.3 is 0 Å². The van der Waals surface area contributed by atoms with Gasteiger partial charge in [-0.1, -0.05) is 0 Å². The van der Waals surface area contributed by atoms with E-state index < -0.39 is 0 Å². The predicted molar refractivity (Wildman–Crippen MR) is 75.6 cm³/mol. The number of hydrogen-bond donors (Lipinski definition) is 1. The van der Waals surface area contributed by atoms with E-state index >= 15 is 0 Å². The molecule has 100 valence electrons. The Labute approximate surface area is 115 Å². The number of hydrogen-bond acceptors (Lipinski definition) is 0. The van der Waals surface area contributed by atoms with Gasteiger partial charge in [-0.3, -0.25) is 0 Å². The summed E-state index contributed by atoms with van der Waals surface area (Å²) in [5.41, 5.74) is 3.53. The molecule has 0 saturated heterocycles. The van der Waals surface area contributed by atoms with E-state index in [0.29, 0.717) is 5.92 Å². The monoisotopic (exact) mass is 269 g/mol. The first-order chi connectivity index (χ1) is 9.70. The highest BCUT2D eigenvalue weighted by Gasteiger charge is 2.27. The predicted octanol–water partition coefficient (Wildman–Crippen LogP) is 4.99. The molecule has 1 aromatic heterocycles. The zero-order valence-electron chi connectivity index (χ0n) is 10.8. The molecule has 0 spiro atoms. The van der Waals surface area contributed by atoms with Crippen LogP contribution in [0.1, 0.15) is 24.3 Å². The Kier molecular flexibility index (Phi) is 2.43. The van der Waals surface area contributed by atoms with Crippen LogP contribution in [0.4, 0.5) is 8.78 Å². The summed E-state index contributed by atoms with van der Waals surface area (Å²) in [6.07, 6.45) is 2.15. The summed E-state index contributed by atoms with van der Waals surface area (Å²) in [6.45, 7) is 0. The molecule has 0 bridgehead atoms. The van der Waals surface area contributed by atoms with Gasteiger partial charge in [0.1, 0.15) is 11.6 Å². The van der Waals surface area contributed by atoms with Crippen molar-refractivity contribution in [2.24, 2.45) is 0 Å². The number of aromatic nitrogens is 1. The van der Waals surface area contributed by atoms with Crippen molar-refractivity contribution in [2.45, 2.75) is 18.8 Å².